The van der Waals surface area contributed by atoms with Crippen LogP contribution in [0.15, 0.2) is 0 Å². The highest BCUT2D eigenvalue weighted by Crippen LogP contribution is 2.23. The molecule has 2 rings (SSSR count). The van der Waals surface area contributed by atoms with Crippen LogP contribution in [0.5, 0.6) is 0 Å². The molecule has 1 aromatic heterocycles. The van der Waals surface area contributed by atoms with Crippen LogP contribution in [0, 0.1) is 10.8 Å². The summed E-state index contributed by atoms with van der Waals surface area (Å²) in [7, 11) is 0. The van der Waals surface area contributed by atoms with Gasteiger partial charge in [0.05, 0.1) is 5.69 Å². The van der Waals surface area contributed by atoms with E-state index in [1.165, 1.54) is 0 Å². The number of nitrogens with one attached hydrogen (secondary N) is 2. The quantitative estimate of drug-likeness (QED) is 0.555. The van der Waals surface area contributed by atoms with Gasteiger partial charge in [0.2, 0.25) is 5.84 Å². The van der Waals surface area contributed by atoms with E-state index in [2.05, 4.69) is 4.98 Å². The normalized spacial score (nSPS) is 15.3. The van der Waals surface area contributed by atoms with Crippen molar-refractivity contribution >= 4 is 17.4 Å². The standard InChI is InChI=1S/C10H10ClF3N4/c11-7-8(15)18(9(16)10(12,13)14)6-4-2-1-3-5(6)17-7/h15-16H,1-4H2. The van der Waals surface area contributed by atoms with Gasteiger partial charge in [-0.25, -0.2) is 4.98 Å². The molecule has 98 valence electrons. The lowest BCUT2D eigenvalue weighted by molar-refractivity contribution is -0.0627. The van der Waals surface area contributed by atoms with E-state index >= 15 is 0 Å². The molecule has 0 fully saturated rings. The maximum Gasteiger partial charge on any atom is 0.449 e. The van der Waals surface area contributed by atoms with E-state index < -0.39 is 17.5 Å². The second kappa shape index (κ2) is 4.38. The third-order valence-corrected chi connectivity index (χ3v) is 3.09. The van der Waals surface area contributed by atoms with Crippen molar-refractivity contribution < 1.29 is 13.2 Å². The molecule has 0 radical (unpaired) electrons. The number of halogens is 4. The van der Waals surface area contributed by atoms with Crippen LogP contribution >= 0.6 is 11.6 Å². The molecule has 0 unspecified atom stereocenters. The smallest absolute Gasteiger partial charge is 0.281 e. The molecular weight excluding hydrogens is 269 g/mol. The fourth-order valence-electron chi connectivity index (χ4n) is 2.01. The number of rotatable bonds is 0. The van der Waals surface area contributed by atoms with Crippen molar-refractivity contribution in [3.63, 3.8) is 0 Å². The van der Waals surface area contributed by atoms with Gasteiger partial charge in [-0.2, -0.15) is 13.2 Å². The van der Waals surface area contributed by atoms with Crippen molar-refractivity contribution in [2.45, 2.75) is 31.9 Å². The Morgan fingerprint density at radius 1 is 1.28 bits per heavy atom. The molecule has 1 aliphatic carbocycles. The Bertz CT molecular complexity index is 561. The molecule has 4 nitrogen and oxygen atoms in total. The van der Waals surface area contributed by atoms with Crippen LogP contribution in [-0.4, -0.2) is 21.6 Å². The molecular formula is C10H10ClF3N4. The first-order valence-corrected chi connectivity index (χ1v) is 5.71. The van der Waals surface area contributed by atoms with E-state index in [1.807, 2.05) is 0 Å². The lowest BCUT2D eigenvalue weighted by Gasteiger charge is -2.22. The molecule has 1 aromatic rings. The summed E-state index contributed by atoms with van der Waals surface area (Å²) < 4.78 is 38.4. The second-order valence-corrected chi connectivity index (χ2v) is 4.39. The third-order valence-electron chi connectivity index (χ3n) is 2.82. The van der Waals surface area contributed by atoms with E-state index in [9.17, 15) is 13.2 Å². The van der Waals surface area contributed by atoms with Crippen LogP contribution in [0.1, 0.15) is 24.2 Å². The molecule has 0 aromatic carbocycles. The van der Waals surface area contributed by atoms with Crippen LogP contribution in [0.2, 0.25) is 5.15 Å². The fraction of sp³-hybridized carbons (Fsp3) is 0.500. The number of hydrogen-bond acceptors (Lipinski definition) is 3. The van der Waals surface area contributed by atoms with E-state index in [0.29, 0.717) is 23.1 Å². The molecule has 1 heterocycles. The monoisotopic (exact) mass is 278 g/mol. The van der Waals surface area contributed by atoms with Gasteiger partial charge in [0.1, 0.15) is 0 Å². The molecule has 0 saturated heterocycles. The van der Waals surface area contributed by atoms with Gasteiger partial charge in [-0.1, -0.05) is 11.6 Å². The molecule has 0 spiro atoms. The second-order valence-electron chi connectivity index (χ2n) is 4.03. The van der Waals surface area contributed by atoms with Crippen molar-refractivity contribution in [1.29, 1.82) is 10.8 Å². The molecule has 18 heavy (non-hydrogen) atoms. The topological polar surface area (TPSA) is 65.5 Å². The first-order valence-electron chi connectivity index (χ1n) is 5.33. The van der Waals surface area contributed by atoms with Gasteiger partial charge in [0.25, 0.3) is 0 Å². The van der Waals surface area contributed by atoms with Gasteiger partial charge in [-0.05, 0) is 25.7 Å². The number of aryl methyl sites for hydroxylation is 1. The highest BCUT2D eigenvalue weighted by atomic mass is 35.5. The van der Waals surface area contributed by atoms with Gasteiger partial charge < -0.3 is 0 Å². The van der Waals surface area contributed by atoms with Crippen molar-refractivity contribution in [3.8, 4) is 0 Å². The maximum atomic E-state index is 12.6. The van der Waals surface area contributed by atoms with Crippen LogP contribution in [0.4, 0.5) is 13.2 Å². The first kappa shape index (κ1) is 13.1. The van der Waals surface area contributed by atoms with Gasteiger partial charge in [0.15, 0.2) is 10.6 Å². The summed E-state index contributed by atoms with van der Waals surface area (Å²) in [5.41, 5.74) is 0.147. The summed E-state index contributed by atoms with van der Waals surface area (Å²) in [5, 5.41) is 14.5. The minimum atomic E-state index is -4.81. The predicted molar refractivity (Wildman–Crippen MR) is 58.9 cm³/mol. The van der Waals surface area contributed by atoms with E-state index in [4.69, 9.17) is 22.4 Å². The minimum Gasteiger partial charge on any atom is -0.281 e. The summed E-state index contributed by atoms with van der Waals surface area (Å²) in [6.45, 7) is 0. The molecule has 0 aliphatic heterocycles. The van der Waals surface area contributed by atoms with Crippen molar-refractivity contribution in [3.05, 3.63) is 22.0 Å². The van der Waals surface area contributed by atoms with Gasteiger partial charge in [-0.15, -0.1) is 0 Å². The SMILES string of the molecule is N=C(n1c2c(nc(Cl)c1=N)CCCC2)C(F)(F)F. The molecule has 0 atom stereocenters. The van der Waals surface area contributed by atoms with E-state index in [0.717, 1.165) is 12.8 Å². The predicted octanol–water partition coefficient (Wildman–Crippen LogP) is 2.28. The van der Waals surface area contributed by atoms with Gasteiger partial charge in [0, 0.05) is 5.69 Å². The Labute approximate surface area is 105 Å². The number of alkyl halides is 3. The Kier molecular flexibility index (Phi) is 3.18. The molecule has 1 aliphatic rings. The molecule has 2 N–H and O–H groups in total. The summed E-state index contributed by atoms with van der Waals surface area (Å²) in [6, 6.07) is 0. The van der Waals surface area contributed by atoms with Crippen LogP contribution in [0.25, 0.3) is 0 Å². The number of hydrogen-bond donors (Lipinski definition) is 2. The summed E-state index contributed by atoms with van der Waals surface area (Å²) >= 11 is 5.66. The highest BCUT2D eigenvalue weighted by Gasteiger charge is 2.38. The molecule has 0 saturated carbocycles. The maximum absolute atomic E-state index is 12.6. The summed E-state index contributed by atoms with van der Waals surface area (Å²) in [6.07, 6.45) is -2.35. The lowest BCUT2D eigenvalue weighted by atomic mass is 10.00. The Balaban J connectivity index is 2.69. The van der Waals surface area contributed by atoms with Gasteiger partial charge >= 0.3 is 6.18 Å². The van der Waals surface area contributed by atoms with Crippen LogP contribution in [0.3, 0.4) is 0 Å². The summed E-state index contributed by atoms with van der Waals surface area (Å²) in [5.74, 6) is -1.59. The number of nitrogens with zero attached hydrogens (tertiary/aromatic N) is 2. The van der Waals surface area contributed by atoms with Crippen molar-refractivity contribution in [2.24, 2.45) is 0 Å². The Hall–Kier alpha value is -1.37. The Morgan fingerprint density at radius 3 is 2.50 bits per heavy atom. The molecule has 0 amide bonds. The average molecular weight is 279 g/mol. The zero-order valence-corrected chi connectivity index (χ0v) is 9.99. The number of aromatic nitrogens is 2. The first-order chi connectivity index (χ1) is 8.32. The number of fused-ring (bicyclic) bond motifs is 1. The van der Waals surface area contributed by atoms with Crippen LogP contribution in [-0.2, 0) is 12.8 Å². The van der Waals surface area contributed by atoms with Gasteiger partial charge in [-0.3, -0.25) is 15.4 Å². The zero-order chi connectivity index (χ0) is 13.5. The van der Waals surface area contributed by atoms with Crippen molar-refractivity contribution in [1.82, 2.24) is 9.55 Å². The van der Waals surface area contributed by atoms with Crippen LogP contribution < -0.4 is 5.49 Å². The van der Waals surface area contributed by atoms with Crippen molar-refractivity contribution in [2.75, 3.05) is 0 Å². The molecule has 8 heteroatoms. The largest absolute Gasteiger partial charge is 0.449 e. The minimum absolute atomic E-state index is 0.276. The Morgan fingerprint density at radius 2 is 1.89 bits per heavy atom. The lowest BCUT2D eigenvalue weighted by Crippen LogP contribution is -2.40. The average Bonchev–Trinajstić information content (AvgIpc) is 2.29. The van der Waals surface area contributed by atoms with E-state index in [-0.39, 0.29) is 10.8 Å². The summed E-state index contributed by atoms with van der Waals surface area (Å²) in [4.78, 5) is 3.93. The zero-order valence-electron chi connectivity index (χ0n) is 9.23. The highest BCUT2D eigenvalue weighted by molar-refractivity contribution is 6.29. The fourth-order valence-corrected chi connectivity index (χ4v) is 2.19. The third kappa shape index (κ3) is 2.14. The van der Waals surface area contributed by atoms with E-state index in [1.54, 1.807) is 0 Å². The molecule has 0 bridgehead atoms.